The van der Waals surface area contributed by atoms with E-state index in [-0.39, 0.29) is 18.2 Å². The van der Waals surface area contributed by atoms with Crippen LogP contribution in [0.25, 0.3) is 11.3 Å². The summed E-state index contributed by atoms with van der Waals surface area (Å²) in [4.78, 5) is 11.1. The van der Waals surface area contributed by atoms with Crippen molar-refractivity contribution >= 4 is 11.7 Å². The Morgan fingerprint density at radius 2 is 2.06 bits per heavy atom. The van der Waals surface area contributed by atoms with E-state index in [0.717, 1.165) is 0 Å². The van der Waals surface area contributed by atoms with Gasteiger partial charge in [-0.05, 0) is 34.6 Å². The summed E-state index contributed by atoms with van der Waals surface area (Å²) >= 11 is 0. The van der Waals surface area contributed by atoms with Crippen LogP contribution in [-0.2, 0) is 4.79 Å². The van der Waals surface area contributed by atoms with E-state index < -0.39 is 5.91 Å². The fourth-order valence-corrected chi connectivity index (χ4v) is 1.25. The van der Waals surface area contributed by atoms with Gasteiger partial charge in [0.2, 0.25) is 11.7 Å². The molecule has 7 heteroatoms. The zero-order chi connectivity index (χ0) is 12.3. The van der Waals surface area contributed by atoms with E-state index in [0.29, 0.717) is 11.3 Å². The summed E-state index contributed by atoms with van der Waals surface area (Å²) < 4.78 is 17.3. The largest absolute Gasteiger partial charge is 0.322 e. The van der Waals surface area contributed by atoms with Crippen LogP contribution in [0.3, 0.4) is 0 Å². The number of amides is 1. The van der Waals surface area contributed by atoms with Crippen LogP contribution >= 0.6 is 0 Å². The van der Waals surface area contributed by atoms with Gasteiger partial charge in [0.05, 0.1) is 6.54 Å². The number of halogens is 1. The van der Waals surface area contributed by atoms with Crippen LogP contribution < -0.4 is 11.1 Å². The van der Waals surface area contributed by atoms with Gasteiger partial charge in [-0.3, -0.25) is 4.79 Å². The van der Waals surface area contributed by atoms with Crippen molar-refractivity contribution in [3.8, 4) is 11.3 Å². The molecule has 0 spiro atoms. The molecular formula is C10H9FN4O2. The lowest BCUT2D eigenvalue weighted by Gasteiger charge is -2.00. The molecule has 1 aromatic carbocycles. The summed E-state index contributed by atoms with van der Waals surface area (Å²) in [6.45, 7) is -0.171. The molecule has 88 valence electrons. The third kappa shape index (κ3) is 2.45. The molecule has 2 rings (SSSR count). The van der Waals surface area contributed by atoms with Gasteiger partial charge in [-0.2, -0.15) is 0 Å². The molecule has 0 aliphatic carbocycles. The highest BCUT2D eigenvalue weighted by Gasteiger charge is 2.14. The molecule has 3 N–H and O–H groups in total. The highest BCUT2D eigenvalue weighted by atomic mass is 19.1. The van der Waals surface area contributed by atoms with Crippen molar-refractivity contribution in [1.82, 2.24) is 10.3 Å². The van der Waals surface area contributed by atoms with Gasteiger partial charge in [0.25, 0.3) is 0 Å². The quantitative estimate of drug-likeness (QED) is 0.820. The molecule has 1 heterocycles. The van der Waals surface area contributed by atoms with E-state index in [1.165, 1.54) is 24.3 Å². The lowest BCUT2D eigenvalue weighted by molar-refractivity contribution is -0.114. The SMILES string of the molecule is NCC(=O)Nc1nonc1-c1ccc(F)cc1. The van der Waals surface area contributed by atoms with Crippen molar-refractivity contribution in [1.29, 1.82) is 0 Å². The summed E-state index contributed by atoms with van der Waals surface area (Å²) in [5, 5.41) is 9.60. The third-order valence-corrected chi connectivity index (χ3v) is 2.05. The number of aromatic nitrogens is 2. The molecular weight excluding hydrogens is 227 g/mol. The van der Waals surface area contributed by atoms with E-state index in [2.05, 4.69) is 20.3 Å². The standard InChI is InChI=1S/C10H9FN4O2/c11-7-3-1-6(2-4-7)9-10(15-17-14-9)13-8(16)5-12/h1-4H,5,12H2,(H,13,15,16). The zero-order valence-corrected chi connectivity index (χ0v) is 8.68. The number of hydrogen-bond acceptors (Lipinski definition) is 5. The van der Waals surface area contributed by atoms with Crippen LogP contribution in [0.1, 0.15) is 0 Å². The first-order valence-corrected chi connectivity index (χ1v) is 4.79. The minimum absolute atomic E-state index is 0.159. The van der Waals surface area contributed by atoms with Crippen LogP contribution in [0.5, 0.6) is 0 Å². The Morgan fingerprint density at radius 3 is 2.71 bits per heavy atom. The second-order valence-electron chi connectivity index (χ2n) is 3.22. The van der Waals surface area contributed by atoms with Gasteiger partial charge in [0.15, 0.2) is 5.69 Å². The number of nitrogens with zero attached hydrogens (tertiary/aromatic N) is 2. The fourth-order valence-electron chi connectivity index (χ4n) is 1.25. The second-order valence-corrected chi connectivity index (χ2v) is 3.22. The molecule has 17 heavy (non-hydrogen) atoms. The van der Waals surface area contributed by atoms with Crippen LogP contribution in [0, 0.1) is 5.82 Å². The van der Waals surface area contributed by atoms with Crippen LogP contribution in [0.4, 0.5) is 10.2 Å². The number of benzene rings is 1. The summed E-state index contributed by atoms with van der Waals surface area (Å²) in [5.74, 6) is -0.617. The van der Waals surface area contributed by atoms with Gasteiger partial charge < -0.3 is 11.1 Å². The Hall–Kier alpha value is -2.28. The van der Waals surface area contributed by atoms with Gasteiger partial charge >= 0.3 is 0 Å². The lowest BCUT2D eigenvalue weighted by atomic mass is 10.1. The highest BCUT2D eigenvalue weighted by molar-refractivity contribution is 5.94. The summed E-state index contributed by atoms with van der Waals surface area (Å²) in [7, 11) is 0. The molecule has 0 saturated heterocycles. The molecule has 0 aliphatic heterocycles. The fraction of sp³-hybridized carbons (Fsp3) is 0.100. The Morgan fingerprint density at radius 1 is 1.35 bits per heavy atom. The monoisotopic (exact) mass is 236 g/mol. The van der Waals surface area contributed by atoms with Crippen molar-refractivity contribution in [2.75, 3.05) is 11.9 Å². The number of carbonyl (C=O) groups is 1. The van der Waals surface area contributed by atoms with Crippen molar-refractivity contribution in [3.05, 3.63) is 30.1 Å². The Kier molecular flexibility index (Phi) is 3.10. The predicted octanol–water partition coefficient (Wildman–Crippen LogP) is 0.773. The minimum Gasteiger partial charge on any atom is -0.322 e. The highest BCUT2D eigenvalue weighted by Crippen LogP contribution is 2.24. The van der Waals surface area contributed by atoms with Crippen LogP contribution in [0.15, 0.2) is 28.9 Å². The van der Waals surface area contributed by atoms with Crippen LogP contribution in [0.2, 0.25) is 0 Å². The average molecular weight is 236 g/mol. The molecule has 0 bridgehead atoms. The van der Waals surface area contributed by atoms with Crippen molar-refractivity contribution in [2.24, 2.45) is 5.73 Å². The number of anilines is 1. The Labute approximate surface area is 95.6 Å². The van der Waals surface area contributed by atoms with Gasteiger partial charge in [0.1, 0.15) is 5.82 Å². The zero-order valence-electron chi connectivity index (χ0n) is 8.68. The van der Waals surface area contributed by atoms with E-state index in [1.807, 2.05) is 0 Å². The normalized spacial score (nSPS) is 10.2. The summed E-state index contributed by atoms with van der Waals surface area (Å²) in [5.41, 5.74) is 6.07. The maximum atomic E-state index is 12.7. The molecule has 2 aromatic rings. The van der Waals surface area contributed by atoms with E-state index in [1.54, 1.807) is 0 Å². The van der Waals surface area contributed by atoms with E-state index in [9.17, 15) is 9.18 Å². The first kappa shape index (κ1) is 11.2. The maximum Gasteiger partial charge on any atom is 0.239 e. The Bertz CT molecular complexity index is 523. The lowest BCUT2D eigenvalue weighted by Crippen LogP contribution is -2.22. The molecule has 1 amide bonds. The number of rotatable bonds is 3. The topological polar surface area (TPSA) is 94.0 Å². The minimum atomic E-state index is -0.413. The van der Waals surface area contributed by atoms with Gasteiger partial charge in [0, 0.05) is 5.56 Å². The molecule has 0 fully saturated rings. The number of hydrogen-bond donors (Lipinski definition) is 2. The van der Waals surface area contributed by atoms with Gasteiger partial charge in [-0.25, -0.2) is 9.02 Å². The van der Waals surface area contributed by atoms with Gasteiger partial charge in [-0.15, -0.1) is 0 Å². The Balaban J connectivity index is 2.30. The number of nitrogens with two attached hydrogens (primary N) is 1. The molecule has 1 aromatic heterocycles. The van der Waals surface area contributed by atoms with E-state index >= 15 is 0 Å². The maximum absolute atomic E-state index is 12.7. The third-order valence-electron chi connectivity index (χ3n) is 2.05. The van der Waals surface area contributed by atoms with Gasteiger partial charge in [-0.1, -0.05) is 0 Å². The van der Waals surface area contributed by atoms with E-state index in [4.69, 9.17) is 5.73 Å². The average Bonchev–Trinajstić information content (AvgIpc) is 2.78. The molecule has 0 aliphatic rings. The number of carbonyl (C=O) groups excluding carboxylic acids is 1. The molecule has 0 atom stereocenters. The second kappa shape index (κ2) is 4.71. The molecule has 0 saturated carbocycles. The summed E-state index contributed by atoms with van der Waals surface area (Å²) in [6, 6.07) is 5.57. The smallest absolute Gasteiger partial charge is 0.239 e. The van der Waals surface area contributed by atoms with Crippen molar-refractivity contribution < 1.29 is 13.8 Å². The molecule has 6 nitrogen and oxygen atoms in total. The first-order valence-electron chi connectivity index (χ1n) is 4.79. The number of nitrogens with one attached hydrogen (secondary N) is 1. The van der Waals surface area contributed by atoms with Crippen LogP contribution in [-0.4, -0.2) is 22.8 Å². The van der Waals surface area contributed by atoms with Crippen molar-refractivity contribution in [2.45, 2.75) is 0 Å². The molecule has 0 unspecified atom stereocenters. The first-order chi connectivity index (χ1) is 8.20. The summed E-state index contributed by atoms with van der Waals surface area (Å²) in [6.07, 6.45) is 0. The molecule has 0 radical (unpaired) electrons. The predicted molar refractivity (Wildman–Crippen MR) is 57.4 cm³/mol. The van der Waals surface area contributed by atoms with Crippen molar-refractivity contribution in [3.63, 3.8) is 0 Å².